The van der Waals surface area contributed by atoms with Crippen molar-refractivity contribution in [3.63, 3.8) is 0 Å². The largest absolute Gasteiger partial charge is 0.308 e. The number of hydrogen-bond acceptors (Lipinski definition) is 5. The van der Waals surface area contributed by atoms with Crippen molar-refractivity contribution in [2.45, 2.75) is 46.7 Å². The molecule has 4 nitrogen and oxygen atoms in total. The molecular formula is C12H24N4S. The second-order valence-electron chi connectivity index (χ2n) is 4.26. The molecule has 1 N–H and O–H groups in total. The summed E-state index contributed by atoms with van der Waals surface area (Å²) in [5.41, 5.74) is 1.14. The first-order chi connectivity index (χ1) is 8.21. The maximum absolute atomic E-state index is 4.12. The Morgan fingerprint density at radius 2 is 2.00 bits per heavy atom. The van der Waals surface area contributed by atoms with E-state index in [2.05, 4.69) is 47.5 Å². The number of hydrogen-bond donors (Lipinski definition) is 1. The summed E-state index contributed by atoms with van der Waals surface area (Å²) in [5.74, 6) is 0. The van der Waals surface area contributed by atoms with Crippen LogP contribution in [0.1, 0.15) is 38.3 Å². The van der Waals surface area contributed by atoms with E-state index in [1.165, 1.54) is 16.4 Å². The molecule has 0 saturated carbocycles. The van der Waals surface area contributed by atoms with Gasteiger partial charge in [-0.15, -0.1) is 5.10 Å². The minimum atomic E-state index is 0.502. The van der Waals surface area contributed by atoms with E-state index in [-0.39, 0.29) is 0 Å². The van der Waals surface area contributed by atoms with Gasteiger partial charge in [0.1, 0.15) is 0 Å². The van der Waals surface area contributed by atoms with Crippen LogP contribution >= 0.6 is 11.5 Å². The van der Waals surface area contributed by atoms with Crippen LogP contribution in [0.15, 0.2) is 0 Å². The standard InChI is InChI=1S/C12H24N4S/c1-5-11-12(17-15-14-11)8-13-10(4)9-16(6-2)7-3/h10,13H,5-9H2,1-4H3. The van der Waals surface area contributed by atoms with Crippen LogP contribution in [-0.2, 0) is 13.0 Å². The smallest absolute Gasteiger partial charge is 0.0797 e. The molecule has 0 aliphatic carbocycles. The van der Waals surface area contributed by atoms with Gasteiger partial charge in [0.2, 0.25) is 0 Å². The summed E-state index contributed by atoms with van der Waals surface area (Å²) in [6, 6.07) is 0.502. The average Bonchev–Trinajstić information content (AvgIpc) is 2.80. The Hall–Kier alpha value is -0.520. The van der Waals surface area contributed by atoms with E-state index < -0.39 is 0 Å². The van der Waals surface area contributed by atoms with Gasteiger partial charge in [0.05, 0.1) is 10.6 Å². The summed E-state index contributed by atoms with van der Waals surface area (Å²) in [7, 11) is 0. The molecular weight excluding hydrogens is 232 g/mol. The van der Waals surface area contributed by atoms with E-state index in [1.54, 1.807) is 0 Å². The minimum absolute atomic E-state index is 0.502. The molecule has 98 valence electrons. The maximum Gasteiger partial charge on any atom is 0.0797 e. The zero-order valence-electron chi connectivity index (χ0n) is 11.4. The quantitative estimate of drug-likeness (QED) is 0.771. The number of aryl methyl sites for hydroxylation is 1. The predicted molar refractivity (Wildman–Crippen MR) is 73.4 cm³/mol. The Kier molecular flexibility index (Phi) is 6.62. The topological polar surface area (TPSA) is 41.1 Å². The van der Waals surface area contributed by atoms with Gasteiger partial charge in [-0.05, 0) is 38.0 Å². The van der Waals surface area contributed by atoms with E-state index in [4.69, 9.17) is 0 Å². The molecule has 0 bridgehead atoms. The van der Waals surface area contributed by atoms with Gasteiger partial charge in [-0.3, -0.25) is 0 Å². The van der Waals surface area contributed by atoms with Crippen molar-refractivity contribution in [2.75, 3.05) is 19.6 Å². The zero-order chi connectivity index (χ0) is 12.7. The Labute approximate surface area is 109 Å². The molecule has 0 aliphatic rings. The van der Waals surface area contributed by atoms with E-state index in [1.807, 2.05) is 0 Å². The molecule has 0 radical (unpaired) electrons. The lowest BCUT2D eigenvalue weighted by molar-refractivity contribution is 0.271. The van der Waals surface area contributed by atoms with Gasteiger partial charge in [0, 0.05) is 19.1 Å². The Morgan fingerprint density at radius 1 is 1.29 bits per heavy atom. The van der Waals surface area contributed by atoms with Gasteiger partial charge in [-0.2, -0.15) is 0 Å². The molecule has 1 rings (SSSR count). The molecule has 5 heteroatoms. The number of nitrogens with zero attached hydrogens (tertiary/aromatic N) is 3. The Balaban J connectivity index is 2.35. The van der Waals surface area contributed by atoms with Crippen molar-refractivity contribution >= 4 is 11.5 Å². The first kappa shape index (κ1) is 14.5. The normalized spacial score (nSPS) is 13.2. The summed E-state index contributed by atoms with van der Waals surface area (Å²) in [6.07, 6.45) is 0.970. The summed E-state index contributed by atoms with van der Waals surface area (Å²) >= 11 is 1.51. The third-order valence-corrected chi connectivity index (χ3v) is 3.77. The molecule has 1 aromatic heterocycles. The van der Waals surface area contributed by atoms with Crippen LogP contribution in [0.3, 0.4) is 0 Å². The molecule has 0 amide bonds. The first-order valence-corrected chi connectivity index (χ1v) is 7.24. The van der Waals surface area contributed by atoms with Gasteiger partial charge in [-0.1, -0.05) is 25.3 Å². The predicted octanol–water partition coefficient (Wildman–Crippen LogP) is 1.92. The van der Waals surface area contributed by atoms with Gasteiger partial charge < -0.3 is 10.2 Å². The van der Waals surface area contributed by atoms with Crippen molar-refractivity contribution in [1.82, 2.24) is 19.8 Å². The SMILES string of the molecule is CCc1nnsc1CNC(C)CN(CC)CC. The van der Waals surface area contributed by atoms with Crippen molar-refractivity contribution in [3.05, 3.63) is 10.6 Å². The highest BCUT2D eigenvalue weighted by molar-refractivity contribution is 7.05. The zero-order valence-corrected chi connectivity index (χ0v) is 12.2. The van der Waals surface area contributed by atoms with Crippen LogP contribution in [0.25, 0.3) is 0 Å². The molecule has 17 heavy (non-hydrogen) atoms. The highest BCUT2D eigenvalue weighted by Crippen LogP contribution is 2.10. The van der Waals surface area contributed by atoms with E-state index >= 15 is 0 Å². The number of aromatic nitrogens is 2. The first-order valence-electron chi connectivity index (χ1n) is 6.47. The van der Waals surface area contributed by atoms with Crippen molar-refractivity contribution in [2.24, 2.45) is 0 Å². The van der Waals surface area contributed by atoms with Gasteiger partial charge >= 0.3 is 0 Å². The van der Waals surface area contributed by atoms with E-state index in [0.29, 0.717) is 6.04 Å². The second-order valence-corrected chi connectivity index (χ2v) is 5.10. The van der Waals surface area contributed by atoms with Gasteiger partial charge in [-0.25, -0.2) is 0 Å². The lowest BCUT2D eigenvalue weighted by Gasteiger charge is -2.23. The van der Waals surface area contributed by atoms with Crippen LogP contribution in [-0.4, -0.2) is 40.2 Å². The van der Waals surface area contributed by atoms with Gasteiger partial charge in [0.25, 0.3) is 0 Å². The fourth-order valence-electron chi connectivity index (χ4n) is 1.83. The summed E-state index contributed by atoms with van der Waals surface area (Å²) in [4.78, 5) is 3.71. The van der Waals surface area contributed by atoms with E-state index in [9.17, 15) is 0 Å². The molecule has 0 spiro atoms. The third kappa shape index (κ3) is 4.69. The van der Waals surface area contributed by atoms with Crippen LogP contribution in [0.5, 0.6) is 0 Å². The highest BCUT2D eigenvalue weighted by atomic mass is 32.1. The van der Waals surface area contributed by atoms with Crippen molar-refractivity contribution in [3.8, 4) is 0 Å². The molecule has 0 saturated heterocycles. The molecule has 1 heterocycles. The third-order valence-electron chi connectivity index (χ3n) is 3.01. The number of likely N-dealkylation sites (N-methyl/N-ethyl adjacent to an activating group) is 1. The van der Waals surface area contributed by atoms with Gasteiger partial charge in [0.15, 0.2) is 0 Å². The van der Waals surface area contributed by atoms with Crippen LogP contribution in [0.4, 0.5) is 0 Å². The fourth-order valence-corrected chi connectivity index (χ4v) is 2.51. The monoisotopic (exact) mass is 256 g/mol. The minimum Gasteiger partial charge on any atom is -0.308 e. The molecule has 1 unspecified atom stereocenters. The summed E-state index contributed by atoms with van der Waals surface area (Å²) < 4.78 is 4.01. The molecule has 0 aliphatic heterocycles. The second kappa shape index (κ2) is 7.74. The van der Waals surface area contributed by atoms with Crippen LogP contribution < -0.4 is 5.32 Å². The average molecular weight is 256 g/mol. The lowest BCUT2D eigenvalue weighted by Crippen LogP contribution is -2.38. The van der Waals surface area contributed by atoms with E-state index in [0.717, 1.165) is 38.3 Å². The molecule has 1 atom stereocenters. The highest BCUT2D eigenvalue weighted by Gasteiger charge is 2.09. The van der Waals surface area contributed by atoms with Crippen LogP contribution in [0, 0.1) is 0 Å². The summed E-state index contributed by atoms with van der Waals surface area (Å²) in [6.45, 7) is 13.0. The Morgan fingerprint density at radius 3 is 2.59 bits per heavy atom. The maximum atomic E-state index is 4.12. The summed E-state index contributed by atoms with van der Waals surface area (Å²) in [5, 5.41) is 7.67. The van der Waals surface area contributed by atoms with Crippen molar-refractivity contribution in [1.29, 1.82) is 0 Å². The van der Waals surface area contributed by atoms with Crippen LogP contribution in [0.2, 0.25) is 0 Å². The lowest BCUT2D eigenvalue weighted by atomic mass is 10.2. The Bertz CT molecular complexity index is 309. The molecule has 1 aromatic rings. The molecule has 0 aromatic carbocycles. The molecule has 0 fully saturated rings. The number of nitrogens with one attached hydrogen (secondary N) is 1. The van der Waals surface area contributed by atoms with Crippen molar-refractivity contribution < 1.29 is 0 Å². The number of rotatable bonds is 8. The fraction of sp³-hybridized carbons (Fsp3) is 0.833.